The molecule has 3 nitrogen and oxygen atoms in total. The third kappa shape index (κ3) is 5.22. The molecule has 0 atom stereocenters. The van der Waals surface area contributed by atoms with Crippen molar-refractivity contribution in [1.82, 2.24) is 10.3 Å². The Labute approximate surface area is 117 Å². The Morgan fingerprint density at radius 3 is 2.95 bits per heavy atom. The zero-order valence-corrected chi connectivity index (χ0v) is 11.7. The number of hydrogen-bond donors (Lipinski definition) is 1. The molecule has 0 aliphatic heterocycles. The molecule has 0 aromatic carbocycles. The Bertz CT molecular complexity index is 482. The normalized spacial score (nSPS) is 10.3. The maximum absolute atomic E-state index is 11.6. The summed E-state index contributed by atoms with van der Waals surface area (Å²) in [5.41, 5.74) is 1.22. The predicted octanol–water partition coefficient (Wildman–Crippen LogP) is 2.82. The fraction of sp³-hybridized carbons (Fsp3) is 0.333. The zero-order valence-electron chi connectivity index (χ0n) is 10.8. The summed E-state index contributed by atoms with van der Waals surface area (Å²) in [4.78, 5) is 17.0. The van der Waals surface area contributed by atoms with E-state index in [0.717, 1.165) is 25.8 Å². The molecule has 0 unspecified atom stereocenters. The summed E-state index contributed by atoms with van der Waals surface area (Å²) in [5.74, 6) is 0.139. The van der Waals surface area contributed by atoms with Gasteiger partial charge < -0.3 is 5.32 Å². The second-order valence-corrected chi connectivity index (χ2v) is 5.43. The number of aromatic nitrogens is 1. The summed E-state index contributed by atoms with van der Waals surface area (Å²) >= 11 is 1.70. The Morgan fingerprint density at radius 2 is 2.21 bits per heavy atom. The first-order valence-corrected chi connectivity index (χ1v) is 7.40. The van der Waals surface area contributed by atoms with Crippen LogP contribution in [0.3, 0.4) is 0 Å². The lowest BCUT2D eigenvalue weighted by Crippen LogP contribution is -2.24. The van der Waals surface area contributed by atoms with E-state index in [9.17, 15) is 4.79 Å². The molecule has 0 saturated heterocycles. The van der Waals surface area contributed by atoms with Crippen molar-refractivity contribution in [2.24, 2.45) is 0 Å². The van der Waals surface area contributed by atoms with Gasteiger partial charge >= 0.3 is 0 Å². The van der Waals surface area contributed by atoms with Gasteiger partial charge in [0.05, 0.1) is 0 Å². The van der Waals surface area contributed by atoms with Crippen molar-refractivity contribution in [1.29, 1.82) is 0 Å². The number of hydrogen-bond acceptors (Lipinski definition) is 3. The molecule has 0 saturated carbocycles. The lowest BCUT2D eigenvalue weighted by Gasteiger charge is -2.04. The average Bonchev–Trinajstić information content (AvgIpc) is 2.96. The van der Waals surface area contributed by atoms with Crippen LogP contribution < -0.4 is 5.32 Å². The molecule has 0 aliphatic carbocycles. The number of aryl methyl sites for hydroxylation is 2. The van der Waals surface area contributed by atoms with Crippen LogP contribution in [0.15, 0.2) is 42.0 Å². The minimum absolute atomic E-state index is 0.139. The van der Waals surface area contributed by atoms with Crippen molar-refractivity contribution in [3.8, 4) is 0 Å². The molecule has 2 heterocycles. The van der Waals surface area contributed by atoms with Gasteiger partial charge in [-0.25, -0.2) is 0 Å². The third-order valence-corrected chi connectivity index (χ3v) is 3.80. The second-order valence-electron chi connectivity index (χ2n) is 4.39. The van der Waals surface area contributed by atoms with E-state index in [1.54, 1.807) is 17.5 Å². The smallest absolute Gasteiger partial charge is 0.220 e. The van der Waals surface area contributed by atoms with E-state index in [0.29, 0.717) is 6.42 Å². The van der Waals surface area contributed by atoms with Crippen LogP contribution in [0.4, 0.5) is 0 Å². The van der Waals surface area contributed by atoms with Gasteiger partial charge in [-0.2, -0.15) is 0 Å². The SMILES string of the molecule is O=C(CCc1cccs1)NCCCc1cccnc1. The van der Waals surface area contributed by atoms with E-state index in [2.05, 4.69) is 22.4 Å². The van der Waals surface area contributed by atoms with Gasteiger partial charge in [0.1, 0.15) is 0 Å². The number of carbonyl (C=O) groups excluding carboxylic acids is 1. The molecule has 2 aromatic rings. The Hall–Kier alpha value is -1.68. The van der Waals surface area contributed by atoms with Crippen LogP contribution in [0.25, 0.3) is 0 Å². The minimum atomic E-state index is 0.139. The van der Waals surface area contributed by atoms with Crippen LogP contribution in [0, 0.1) is 0 Å². The van der Waals surface area contributed by atoms with E-state index < -0.39 is 0 Å². The quantitative estimate of drug-likeness (QED) is 0.789. The fourth-order valence-corrected chi connectivity index (χ4v) is 2.56. The van der Waals surface area contributed by atoms with Gasteiger partial charge in [0, 0.05) is 30.2 Å². The van der Waals surface area contributed by atoms with Gasteiger partial charge in [0.15, 0.2) is 0 Å². The number of rotatable bonds is 7. The van der Waals surface area contributed by atoms with E-state index in [-0.39, 0.29) is 5.91 Å². The van der Waals surface area contributed by atoms with Crippen molar-refractivity contribution < 1.29 is 4.79 Å². The average molecular weight is 274 g/mol. The van der Waals surface area contributed by atoms with Crippen LogP contribution in [-0.2, 0) is 17.6 Å². The van der Waals surface area contributed by atoms with Crippen LogP contribution in [0.5, 0.6) is 0 Å². The number of pyridine rings is 1. The van der Waals surface area contributed by atoms with Gasteiger partial charge in [-0.05, 0) is 42.3 Å². The lowest BCUT2D eigenvalue weighted by atomic mass is 10.1. The number of amides is 1. The van der Waals surface area contributed by atoms with Crippen LogP contribution in [0.1, 0.15) is 23.3 Å². The minimum Gasteiger partial charge on any atom is -0.356 e. The van der Waals surface area contributed by atoms with Gasteiger partial charge in [-0.15, -0.1) is 11.3 Å². The Balaban J connectivity index is 1.57. The summed E-state index contributed by atoms with van der Waals surface area (Å²) in [6.07, 6.45) is 6.98. The summed E-state index contributed by atoms with van der Waals surface area (Å²) in [7, 11) is 0. The maximum atomic E-state index is 11.6. The largest absolute Gasteiger partial charge is 0.356 e. The van der Waals surface area contributed by atoms with E-state index in [1.807, 2.05) is 23.7 Å². The van der Waals surface area contributed by atoms with Crippen molar-refractivity contribution in [3.05, 3.63) is 52.5 Å². The van der Waals surface area contributed by atoms with Gasteiger partial charge in [-0.1, -0.05) is 12.1 Å². The molecule has 0 spiro atoms. The summed E-state index contributed by atoms with van der Waals surface area (Å²) in [5, 5.41) is 5.00. The first kappa shape index (κ1) is 13.7. The zero-order chi connectivity index (χ0) is 13.3. The second kappa shape index (κ2) is 7.69. The molecule has 0 fully saturated rings. The molecule has 1 amide bonds. The summed E-state index contributed by atoms with van der Waals surface area (Å²) in [6, 6.07) is 8.09. The highest BCUT2D eigenvalue weighted by Gasteiger charge is 2.02. The van der Waals surface area contributed by atoms with Crippen molar-refractivity contribution >= 4 is 17.2 Å². The first-order valence-electron chi connectivity index (χ1n) is 6.52. The maximum Gasteiger partial charge on any atom is 0.220 e. The van der Waals surface area contributed by atoms with Crippen LogP contribution in [0.2, 0.25) is 0 Å². The predicted molar refractivity (Wildman–Crippen MR) is 78.2 cm³/mol. The van der Waals surface area contributed by atoms with Crippen molar-refractivity contribution in [2.75, 3.05) is 6.54 Å². The third-order valence-electron chi connectivity index (χ3n) is 2.87. The van der Waals surface area contributed by atoms with Crippen molar-refractivity contribution in [3.63, 3.8) is 0 Å². The number of nitrogens with one attached hydrogen (secondary N) is 1. The van der Waals surface area contributed by atoms with E-state index in [1.165, 1.54) is 10.4 Å². The van der Waals surface area contributed by atoms with Crippen molar-refractivity contribution in [2.45, 2.75) is 25.7 Å². The molecule has 19 heavy (non-hydrogen) atoms. The van der Waals surface area contributed by atoms with Gasteiger partial charge in [0.25, 0.3) is 0 Å². The molecule has 2 aromatic heterocycles. The molecule has 4 heteroatoms. The Kier molecular flexibility index (Phi) is 5.56. The van der Waals surface area contributed by atoms with Crippen LogP contribution >= 0.6 is 11.3 Å². The lowest BCUT2D eigenvalue weighted by molar-refractivity contribution is -0.121. The fourth-order valence-electron chi connectivity index (χ4n) is 1.85. The Morgan fingerprint density at radius 1 is 1.26 bits per heavy atom. The highest BCUT2D eigenvalue weighted by molar-refractivity contribution is 7.09. The number of thiophene rings is 1. The number of carbonyl (C=O) groups is 1. The van der Waals surface area contributed by atoms with Gasteiger partial charge in [0.2, 0.25) is 5.91 Å². The van der Waals surface area contributed by atoms with E-state index in [4.69, 9.17) is 0 Å². The topological polar surface area (TPSA) is 42.0 Å². The highest BCUT2D eigenvalue weighted by Crippen LogP contribution is 2.10. The van der Waals surface area contributed by atoms with Crippen LogP contribution in [-0.4, -0.2) is 17.4 Å². The highest BCUT2D eigenvalue weighted by atomic mass is 32.1. The molecule has 1 N–H and O–H groups in total. The molecule has 2 rings (SSSR count). The van der Waals surface area contributed by atoms with Gasteiger partial charge in [-0.3, -0.25) is 9.78 Å². The molecular weight excluding hydrogens is 256 g/mol. The molecule has 0 bridgehead atoms. The monoisotopic (exact) mass is 274 g/mol. The molecule has 100 valence electrons. The standard InChI is InChI=1S/C15H18N2OS/c18-15(8-7-14-6-3-11-19-14)17-10-2-5-13-4-1-9-16-12-13/h1,3-4,6,9,11-12H,2,5,7-8,10H2,(H,17,18). The molecular formula is C15H18N2OS. The molecule has 0 radical (unpaired) electrons. The number of nitrogens with zero attached hydrogens (tertiary/aromatic N) is 1. The molecule has 0 aliphatic rings. The van der Waals surface area contributed by atoms with E-state index >= 15 is 0 Å². The first-order chi connectivity index (χ1) is 9.34. The summed E-state index contributed by atoms with van der Waals surface area (Å²) < 4.78 is 0. The summed E-state index contributed by atoms with van der Waals surface area (Å²) in [6.45, 7) is 0.734.